The van der Waals surface area contributed by atoms with Gasteiger partial charge in [0.15, 0.2) is 0 Å². The Morgan fingerprint density at radius 3 is 2.75 bits per heavy atom. The van der Waals surface area contributed by atoms with Gasteiger partial charge in [-0.25, -0.2) is 0 Å². The SMILES string of the molecule is C=CCOC(=O)CCc1c[nH]c(/C=C2\NC(=O)C(CC)=C2C)c1C. The van der Waals surface area contributed by atoms with E-state index in [1.807, 2.05) is 33.0 Å². The Bertz CT molecular complexity index is 723. The number of H-pyrrole nitrogens is 1. The highest BCUT2D eigenvalue weighted by molar-refractivity contribution is 6.01. The average molecular weight is 328 g/mol. The molecule has 0 spiro atoms. The number of amides is 1. The zero-order valence-corrected chi connectivity index (χ0v) is 14.5. The van der Waals surface area contributed by atoms with Gasteiger partial charge in [-0.3, -0.25) is 9.59 Å². The van der Waals surface area contributed by atoms with Crippen molar-refractivity contribution in [2.24, 2.45) is 0 Å². The van der Waals surface area contributed by atoms with Gasteiger partial charge in [0.2, 0.25) is 0 Å². The summed E-state index contributed by atoms with van der Waals surface area (Å²) in [5.74, 6) is -0.250. The fourth-order valence-corrected chi connectivity index (χ4v) is 2.76. The van der Waals surface area contributed by atoms with Crippen LogP contribution in [-0.2, 0) is 20.7 Å². The molecule has 0 aromatic carbocycles. The number of nitrogens with one attached hydrogen (secondary N) is 2. The summed E-state index contributed by atoms with van der Waals surface area (Å²) in [7, 11) is 0. The molecule has 1 aliphatic heterocycles. The highest BCUT2D eigenvalue weighted by Gasteiger charge is 2.22. The molecule has 0 fully saturated rings. The van der Waals surface area contributed by atoms with Crippen molar-refractivity contribution in [3.63, 3.8) is 0 Å². The molecule has 1 aliphatic rings. The Balaban J connectivity index is 2.09. The van der Waals surface area contributed by atoms with E-state index in [0.29, 0.717) is 12.8 Å². The van der Waals surface area contributed by atoms with E-state index in [4.69, 9.17) is 4.74 Å². The Hall–Kier alpha value is -2.56. The molecule has 128 valence electrons. The molecule has 0 aliphatic carbocycles. The summed E-state index contributed by atoms with van der Waals surface area (Å²) in [6.07, 6.45) is 7.07. The summed E-state index contributed by atoms with van der Waals surface area (Å²) in [4.78, 5) is 26.7. The fourth-order valence-electron chi connectivity index (χ4n) is 2.76. The highest BCUT2D eigenvalue weighted by atomic mass is 16.5. The molecule has 2 rings (SSSR count). The number of rotatable bonds is 7. The summed E-state index contributed by atoms with van der Waals surface area (Å²) in [5.41, 5.74) is 5.74. The molecule has 5 nitrogen and oxygen atoms in total. The molecule has 0 bridgehead atoms. The van der Waals surface area contributed by atoms with Gasteiger partial charge < -0.3 is 15.0 Å². The van der Waals surface area contributed by atoms with Gasteiger partial charge in [-0.1, -0.05) is 19.6 Å². The van der Waals surface area contributed by atoms with Gasteiger partial charge in [0.1, 0.15) is 6.61 Å². The number of ether oxygens (including phenoxy) is 1. The molecular formula is C19H24N2O3. The van der Waals surface area contributed by atoms with E-state index in [-0.39, 0.29) is 18.5 Å². The van der Waals surface area contributed by atoms with E-state index in [0.717, 1.165) is 40.1 Å². The van der Waals surface area contributed by atoms with Crippen LogP contribution in [0.3, 0.4) is 0 Å². The zero-order valence-electron chi connectivity index (χ0n) is 14.5. The van der Waals surface area contributed by atoms with Crippen molar-refractivity contribution < 1.29 is 14.3 Å². The van der Waals surface area contributed by atoms with Crippen molar-refractivity contribution in [1.82, 2.24) is 10.3 Å². The fraction of sp³-hybridized carbons (Fsp3) is 0.368. The van der Waals surface area contributed by atoms with Gasteiger partial charge in [-0.05, 0) is 49.5 Å². The second-order valence-corrected chi connectivity index (χ2v) is 5.79. The van der Waals surface area contributed by atoms with Gasteiger partial charge in [0.25, 0.3) is 5.91 Å². The van der Waals surface area contributed by atoms with E-state index >= 15 is 0 Å². The Labute approximate surface area is 142 Å². The summed E-state index contributed by atoms with van der Waals surface area (Å²) in [5, 5.41) is 2.91. The molecule has 1 amide bonds. The van der Waals surface area contributed by atoms with Crippen LogP contribution < -0.4 is 5.32 Å². The maximum atomic E-state index is 11.9. The minimum absolute atomic E-state index is 0.0179. The minimum atomic E-state index is -0.232. The third-order valence-corrected chi connectivity index (χ3v) is 4.27. The van der Waals surface area contributed by atoms with Crippen LogP contribution in [0.1, 0.15) is 43.5 Å². The van der Waals surface area contributed by atoms with Gasteiger partial charge >= 0.3 is 5.97 Å². The van der Waals surface area contributed by atoms with Crippen LogP contribution >= 0.6 is 0 Å². The molecule has 24 heavy (non-hydrogen) atoms. The number of hydrogen-bond donors (Lipinski definition) is 2. The lowest BCUT2D eigenvalue weighted by Crippen LogP contribution is -2.16. The summed E-state index contributed by atoms with van der Waals surface area (Å²) in [6.45, 7) is 9.70. The number of aryl methyl sites for hydroxylation is 1. The highest BCUT2D eigenvalue weighted by Crippen LogP contribution is 2.25. The lowest BCUT2D eigenvalue weighted by Gasteiger charge is -2.03. The van der Waals surface area contributed by atoms with Crippen molar-refractivity contribution in [3.05, 3.63) is 52.5 Å². The van der Waals surface area contributed by atoms with Gasteiger partial charge in [-0.15, -0.1) is 0 Å². The Kier molecular flexibility index (Phi) is 5.79. The predicted molar refractivity (Wildman–Crippen MR) is 94.1 cm³/mol. The largest absolute Gasteiger partial charge is 0.461 e. The van der Waals surface area contributed by atoms with Crippen LogP contribution in [0.5, 0.6) is 0 Å². The van der Waals surface area contributed by atoms with Crippen LogP contribution in [0.25, 0.3) is 6.08 Å². The van der Waals surface area contributed by atoms with Crippen molar-refractivity contribution in [1.29, 1.82) is 0 Å². The van der Waals surface area contributed by atoms with Gasteiger partial charge in [0.05, 0.1) is 0 Å². The number of esters is 1. The molecule has 2 N–H and O–H groups in total. The van der Waals surface area contributed by atoms with E-state index in [1.54, 1.807) is 6.08 Å². The first-order valence-electron chi connectivity index (χ1n) is 8.14. The molecule has 0 saturated heterocycles. The number of hydrogen-bond acceptors (Lipinski definition) is 3. The number of carbonyl (C=O) groups excluding carboxylic acids is 2. The van der Waals surface area contributed by atoms with Crippen LogP contribution in [0.4, 0.5) is 0 Å². The zero-order chi connectivity index (χ0) is 17.7. The molecule has 1 aromatic heterocycles. The maximum absolute atomic E-state index is 11.9. The first kappa shape index (κ1) is 17.8. The molecule has 0 radical (unpaired) electrons. The van der Waals surface area contributed by atoms with Gasteiger partial charge in [-0.2, -0.15) is 0 Å². The first-order chi connectivity index (χ1) is 11.5. The molecule has 5 heteroatoms. The van der Waals surface area contributed by atoms with E-state index in [9.17, 15) is 9.59 Å². The molecule has 0 saturated carbocycles. The lowest BCUT2D eigenvalue weighted by molar-refractivity contribution is -0.142. The lowest BCUT2D eigenvalue weighted by atomic mass is 10.1. The summed E-state index contributed by atoms with van der Waals surface area (Å²) < 4.78 is 4.98. The standard InChI is InChI=1S/C19H24N2O3/c1-5-9-24-18(22)8-7-14-11-20-16(12(14)3)10-17-13(4)15(6-2)19(23)21-17/h5,10-11,20H,1,6-9H2,2-4H3,(H,21,23)/b17-10-. The second-order valence-electron chi connectivity index (χ2n) is 5.79. The van der Waals surface area contributed by atoms with Crippen LogP contribution in [0, 0.1) is 6.92 Å². The maximum Gasteiger partial charge on any atom is 0.306 e. The molecule has 0 atom stereocenters. The molecule has 0 unspecified atom stereocenters. The van der Waals surface area contributed by atoms with Crippen LogP contribution in [-0.4, -0.2) is 23.5 Å². The summed E-state index contributed by atoms with van der Waals surface area (Å²) in [6, 6.07) is 0. The van der Waals surface area contributed by atoms with E-state index in [2.05, 4.69) is 16.9 Å². The van der Waals surface area contributed by atoms with Crippen LogP contribution in [0.15, 0.2) is 35.7 Å². The third kappa shape index (κ3) is 3.85. The molecule has 1 aromatic rings. The van der Waals surface area contributed by atoms with Crippen molar-refractivity contribution >= 4 is 18.0 Å². The molecule has 2 heterocycles. The first-order valence-corrected chi connectivity index (χ1v) is 8.14. The van der Waals surface area contributed by atoms with E-state index < -0.39 is 0 Å². The monoisotopic (exact) mass is 328 g/mol. The Morgan fingerprint density at radius 1 is 1.38 bits per heavy atom. The minimum Gasteiger partial charge on any atom is -0.461 e. The quantitative estimate of drug-likeness (QED) is 0.596. The second kappa shape index (κ2) is 7.81. The van der Waals surface area contributed by atoms with E-state index in [1.165, 1.54) is 0 Å². The van der Waals surface area contributed by atoms with Crippen molar-refractivity contribution in [2.75, 3.05) is 6.61 Å². The summed E-state index contributed by atoms with van der Waals surface area (Å²) >= 11 is 0. The molecular weight excluding hydrogens is 304 g/mol. The number of aromatic amines is 1. The number of carbonyl (C=O) groups is 2. The smallest absolute Gasteiger partial charge is 0.306 e. The average Bonchev–Trinajstić information content (AvgIpc) is 3.04. The van der Waals surface area contributed by atoms with Crippen molar-refractivity contribution in [3.8, 4) is 0 Å². The van der Waals surface area contributed by atoms with Gasteiger partial charge in [0, 0.05) is 29.6 Å². The number of allylic oxidation sites excluding steroid dienone is 1. The Morgan fingerprint density at radius 2 is 2.12 bits per heavy atom. The van der Waals surface area contributed by atoms with Crippen molar-refractivity contribution in [2.45, 2.75) is 40.0 Å². The topological polar surface area (TPSA) is 71.2 Å². The third-order valence-electron chi connectivity index (χ3n) is 4.27. The number of aromatic nitrogens is 1. The predicted octanol–water partition coefficient (Wildman–Crippen LogP) is 3.18. The van der Waals surface area contributed by atoms with Crippen LogP contribution in [0.2, 0.25) is 0 Å². The normalized spacial score (nSPS) is 15.8.